The highest BCUT2D eigenvalue weighted by molar-refractivity contribution is 5.72. The van der Waals surface area contributed by atoms with Crippen LogP contribution >= 0.6 is 0 Å². The summed E-state index contributed by atoms with van der Waals surface area (Å²) in [5.74, 6) is -0.267. The second kappa shape index (κ2) is 6.16. The summed E-state index contributed by atoms with van der Waals surface area (Å²) in [5.41, 5.74) is 2.53. The highest BCUT2D eigenvalue weighted by Gasteiger charge is 2.10. The summed E-state index contributed by atoms with van der Waals surface area (Å²) in [6.45, 7) is 0. The average molecular weight is 256 g/mol. The number of aliphatic hydroxyl groups excluding tert-OH is 1. The molecule has 2 rings (SSSR count). The van der Waals surface area contributed by atoms with E-state index in [-0.39, 0.29) is 12.4 Å². The second-order valence-electron chi connectivity index (χ2n) is 4.31. The fourth-order valence-electron chi connectivity index (χ4n) is 1.88. The third kappa shape index (κ3) is 3.42. The zero-order valence-corrected chi connectivity index (χ0v) is 10.7. The first kappa shape index (κ1) is 13.3. The summed E-state index contributed by atoms with van der Waals surface area (Å²) in [7, 11) is 1.37. The zero-order valence-electron chi connectivity index (χ0n) is 10.7. The predicted octanol–water partition coefficient (Wildman–Crippen LogP) is 2.48. The summed E-state index contributed by atoms with van der Waals surface area (Å²) in [5, 5.41) is 10.2. The van der Waals surface area contributed by atoms with Crippen molar-refractivity contribution in [1.82, 2.24) is 0 Å². The molecule has 0 aliphatic heterocycles. The molecule has 19 heavy (non-hydrogen) atoms. The molecule has 98 valence electrons. The van der Waals surface area contributed by atoms with Crippen molar-refractivity contribution in [1.29, 1.82) is 0 Å². The van der Waals surface area contributed by atoms with E-state index < -0.39 is 6.10 Å². The number of hydrogen-bond acceptors (Lipinski definition) is 3. The summed E-state index contributed by atoms with van der Waals surface area (Å²) in [6.07, 6.45) is -0.397. The Kier molecular flexibility index (Phi) is 4.31. The standard InChI is InChI=1S/C16H16O3/c1-19-15(17)11-12-7-9-14(10-8-12)16(18)13-5-3-2-4-6-13/h2-10,16,18H,11H2,1H3. The SMILES string of the molecule is COC(=O)Cc1ccc(C(O)c2ccccc2)cc1. The summed E-state index contributed by atoms with van der Waals surface area (Å²) in [6, 6.07) is 16.8. The molecule has 2 aromatic rings. The van der Waals surface area contributed by atoms with Crippen molar-refractivity contribution in [3.8, 4) is 0 Å². The van der Waals surface area contributed by atoms with Gasteiger partial charge in [-0.25, -0.2) is 0 Å². The maximum atomic E-state index is 11.1. The van der Waals surface area contributed by atoms with Gasteiger partial charge in [-0.15, -0.1) is 0 Å². The van der Waals surface area contributed by atoms with Gasteiger partial charge in [-0.1, -0.05) is 54.6 Å². The smallest absolute Gasteiger partial charge is 0.309 e. The van der Waals surface area contributed by atoms with Crippen molar-refractivity contribution < 1.29 is 14.6 Å². The van der Waals surface area contributed by atoms with Crippen molar-refractivity contribution in [2.45, 2.75) is 12.5 Å². The first-order valence-electron chi connectivity index (χ1n) is 6.09. The van der Waals surface area contributed by atoms with Gasteiger partial charge in [0, 0.05) is 0 Å². The van der Waals surface area contributed by atoms with Crippen molar-refractivity contribution >= 4 is 5.97 Å². The molecule has 1 N–H and O–H groups in total. The molecule has 0 spiro atoms. The molecule has 1 unspecified atom stereocenters. The van der Waals surface area contributed by atoms with E-state index in [1.54, 1.807) is 0 Å². The van der Waals surface area contributed by atoms with E-state index in [4.69, 9.17) is 0 Å². The Morgan fingerprint density at radius 3 is 2.21 bits per heavy atom. The van der Waals surface area contributed by atoms with E-state index in [0.717, 1.165) is 16.7 Å². The molecule has 1 atom stereocenters. The zero-order chi connectivity index (χ0) is 13.7. The van der Waals surface area contributed by atoms with Crippen molar-refractivity contribution in [3.05, 3.63) is 71.3 Å². The molecule has 0 heterocycles. The largest absolute Gasteiger partial charge is 0.469 e. The van der Waals surface area contributed by atoms with Crippen LogP contribution in [-0.2, 0) is 16.0 Å². The Labute approximate surface area is 112 Å². The molecule has 0 fully saturated rings. The number of esters is 1. The van der Waals surface area contributed by atoms with Gasteiger partial charge in [0.1, 0.15) is 6.10 Å². The van der Waals surface area contributed by atoms with E-state index in [0.29, 0.717) is 0 Å². The predicted molar refractivity (Wildman–Crippen MR) is 72.7 cm³/mol. The van der Waals surface area contributed by atoms with Crippen LogP contribution in [0.3, 0.4) is 0 Å². The lowest BCUT2D eigenvalue weighted by molar-refractivity contribution is -0.139. The molecule has 0 radical (unpaired) electrons. The molecule has 3 heteroatoms. The first-order chi connectivity index (χ1) is 9.20. The third-order valence-electron chi connectivity index (χ3n) is 2.99. The number of hydrogen-bond donors (Lipinski definition) is 1. The maximum absolute atomic E-state index is 11.1. The lowest BCUT2D eigenvalue weighted by Gasteiger charge is -2.11. The third-order valence-corrected chi connectivity index (χ3v) is 2.99. The van der Waals surface area contributed by atoms with Crippen molar-refractivity contribution in [2.75, 3.05) is 7.11 Å². The van der Waals surface area contributed by atoms with Gasteiger partial charge in [0.15, 0.2) is 0 Å². The van der Waals surface area contributed by atoms with E-state index in [9.17, 15) is 9.90 Å². The molecule has 0 amide bonds. The summed E-state index contributed by atoms with van der Waals surface area (Å²) < 4.78 is 4.61. The number of methoxy groups -OCH3 is 1. The molecule has 0 aromatic heterocycles. The minimum atomic E-state index is -0.645. The molecular formula is C16H16O3. The Morgan fingerprint density at radius 1 is 1.05 bits per heavy atom. The fraction of sp³-hybridized carbons (Fsp3) is 0.188. The molecule has 0 aliphatic carbocycles. The first-order valence-corrected chi connectivity index (χ1v) is 6.09. The maximum Gasteiger partial charge on any atom is 0.309 e. The van der Waals surface area contributed by atoms with E-state index in [2.05, 4.69) is 4.74 Å². The van der Waals surface area contributed by atoms with Crippen LogP contribution in [0.2, 0.25) is 0 Å². The summed E-state index contributed by atoms with van der Waals surface area (Å²) in [4.78, 5) is 11.1. The lowest BCUT2D eigenvalue weighted by atomic mass is 10.00. The van der Waals surface area contributed by atoms with Crippen LogP contribution in [0.15, 0.2) is 54.6 Å². The molecule has 3 nitrogen and oxygen atoms in total. The number of ether oxygens (including phenoxy) is 1. The quantitative estimate of drug-likeness (QED) is 0.855. The van der Waals surface area contributed by atoms with Gasteiger partial charge in [-0.2, -0.15) is 0 Å². The molecule has 0 saturated heterocycles. The van der Waals surface area contributed by atoms with E-state index in [1.807, 2.05) is 54.6 Å². The van der Waals surface area contributed by atoms with Crippen LogP contribution in [0.5, 0.6) is 0 Å². The van der Waals surface area contributed by atoms with E-state index >= 15 is 0 Å². The summed E-state index contributed by atoms with van der Waals surface area (Å²) >= 11 is 0. The molecule has 0 aliphatic rings. The van der Waals surface area contributed by atoms with Crippen LogP contribution in [0.1, 0.15) is 22.8 Å². The van der Waals surface area contributed by atoms with Gasteiger partial charge in [-0.05, 0) is 16.7 Å². The lowest BCUT2D eigenvalue weighted by Crippen LogP contribution is -2.05. The number of aliphatic hydroxyl groups is 1. The topological polar surface area (TPSA) is 46.5 Å². The number of carbonyl (C=O) groups is 1. The Morgan fingerprint density at radius 2 is 1.63 bits per heavy atom. The molecule has 0 saturated carbocycles. The van der Waals surface area contributed by atoms with Gasteiger partial charge in [0.25, 0.3) is 0 Å². The van der Waals surface area contributed by atoms with Gasteiger partial charge >= 0.3 is 5.97 Å². The molecule has 0 bridgehead atoms. The van der Waals surface area contributed by atoms with Crippen molar-refractivity contribution in [3.63, 3.8) is 0 Å². The highest BCUT2D eigenvalue weighted by Crippen LogP contribution is 2.21. The van der Waals surface area contributed by atoms with E-state index in [1.165, 1.54) is 7.11 Å². The van der Waals surface area contributed by atoms with Gasteiger partial charge in [0.2, 0.25) is 0 Å². The highest BCUT2D eigenvalue weighted by atomic mass is 16.5. The normalized spacial score (nSPS) is 11.9. The Hall–Kier alpha value is -2.13. The van der Waals surface area contributed by atoms with Crippen LogP contribution in [0.4, 0.5) is 0 Å². The number of carbonyl (C=O) groups excluding carboxylic acids is 1. The minimum absolute atomic E-state index is 0.248. The van der Waals surface area contributed by atoms with Gasteiger partial charge in [-0.3, -0.25) is 4.79 Å². The minimum Gasteiger partial charge on any atom is -0.469 e. The monoisotopic (exact) mass is 256 g/mol. The van der Waals surface area contributed by atoms with Crippen molar-refractivity contribution in [2.24, 2.45) is 0 Å². The Bertz CT molecular complexity index is 532. The molecule has 2 aromatic carbocycles. The van der Waals surface area contributed by atoms with Crippen LogP contribution in [-0.4, -0.2) is 18.2 Å². The second-order valence-corrected chi connectivity index (χ2v) is 4.31. The van der Waals surface area contributed by atoms with Gasteiger partial charge < -0.3 is 9.84 Å². The van der Waals surface area contributed by atoms with Crippen LogP contribution in [0, 0.1) is 0 Å². The molecular weight excluding hydrogens is 240 g/mol. The Balaban J connectivity index is 2.12. The fourth-order valence-corrected chi connectivity index (χ4v) is 1.88. The number of benzene rings is 2. The van der Waals surface area contributed by atoms with Crippen LogP contribution < -0.4 is 0 Å². The van der Waals surface area contributed by atoms with Crippen LogP contribution in [0.25, 0.3) is 0 Å². The number of rotatable bonds is 4. The van der Waals surface area contributed by atoms with Gasteiger partial charge in [0.05, 0.1) is 13.5 Å². The average Bonchev–Trinajstić information content (AvgIpc) is 2.48.